The number of oxime groups is 1. The fourth-order valence-corrected chi connectivity index (χ4v) is 1.34. The van der Waals surface area contributed by atoms with E-state index in [0.717, 1.165) is 6.42 Å². The molecule has 1 amide bonds. The van der Waals surface area contributed by atoms with Gasteiger partial charge in [-0.1, -0.05) is 32.9 Å². The normalized spacial score (nSPS) is 13.9. The molecule has 0 fully saturated rings. The lowest BCUT2D eigenvalue weighted by atomic mass is 9.96. The summed E-state index contributed by atoms with van der Waals surface area (Å²) in [6, 6.07) is 0. The highest BCUT2D eigenvalue weighted by Gasteiger charge is 2.23. The van der Waals surface area contributed by atoms with Gasteiger partial charge in [-0.05, 0) is 12.3 Å². The first-order valence-electron chi connectivity index (χ1n) is 5.69. The maximum Gasteiger partial charge on any atom is 0.226 e. The van der Waals surface area contributed by atoms with Crippen molar-refractivity contribution in [2.45, 2.75) is 34.1 Å². The molecule has 0 spiro atoms. The van der Waals surface area contributed by atoms with E-state index in [-0.39, 0.29) is 24.2 Å². The fraction of sp³-hybridized carbons (Fsp3) is 0.818. The summed E-state index contributed by atoms with van der Waals surface area (Å²) in [5.41, 5.74) is 5.42. The summed E-state index contributed by atoms with van der Waals surface area (Å²) in [6.45, 7) is 8.74. The van der Waals surface area contributed by atoms with Gasteiger partial charge in [0.15, 0.2) is 5.84 Å². The quantitative estimate of drug-likeness (QED) is 0.311. The number of hydrogen-bond donors (Lipinski definition) is 2. The van der Waals surface area contributed by atoms with Gasteiger partial charge in [0.25, 0.3) is 0 Å². The molecule has 3 N–H and O–H groups in total. The van der Waals surface area contributed by atoms with Crippen LogP contribution in [-0.4, -0.2) is 34.9 Å². The van der Waals surface area contributed by atoms with Crippen LogP contribution in [0.1, 0.15) is 34.1 Å². The van der Waals surface area contributed by atoms with Crippen molar-refractivity contribution in [1.29, 1.82) is 0 Å². The Morgan fingerprint density at radius 3 is 2.38 bits per heavy atom. The van der Waals surface area contributed by atoms with Gasteiger partial charge < -0.3 is 15.8 Å². The van der Waals surface area contributed by atoms with Crippen LogP contribution in [0.3, 0.4) is 0 Å². The van der Waals surface area contributed by atoms with Gasteiger partial charge in [-0.2, -0.15) is 0 Å². The number of nitrogens with zero attached hydrogens (tertiary/aromatic N) is 2. The van der Waals surface area contributed by atoms with Gasteiger partial charge >= 0.3 is 0 Å². The number of carbonyl (C=O) groups excluding carboxylic acids is 1. The highest BCUT2D eigenvalue weighted by atomic mass is 16.4. The summed E-state index contributed by atoms with van der Waals surface area (Å²) in [4.78, 5) is 13.7. The third-order valence-corrected chi connectivity index (χ3v) is 2.68. The molecule has 0 saturated carbocycles. The van der Waals surface area contributed by atoms with Gasteiger partial charge in [-0.25, -0.2) is 0 Å². The van der Waals surface area contributed by atoms with Crippen LogP contribution in [0.2, 0.25) is 0 Å². The van der Waals surface area contributed by atoms with Crippen LogP contribution >= 0.6 is 0 Å². The maximum absolute atomic E-state index is 12.1. The highest BCUT2D eigenvalue weighted by Crippen LogP contribution is 2.13. The van der Waals surface area contributed by atoms with E-state index in [2.05, 4.69) is 5.16 Å². The van der Waals surface area contributed by atoms with Crippen LogP contribution in [0.15, 0.2) is 5.16 Å². The number of rotatable bonds is 6. The molecule has 0 bridgehead atoms. The zero-order valence-corrected chi connectivity index (χ0v) is 10.6. The Labute approximate surface area is 97.3 Å². The monoisotopic (exact) mass is 229 g/mol. The van der Waals surface area contributed by atoms with Gasteiger partial charge in [0.2, 0.25) is 5.91 Å². The van der Waals surface area contributed by atoms with E-state index in [0.29, 0.717) is 12.5 Å². The summed E-state index contributed by atoms with van der Waals surface area (Å²) < 4.78 is 0. The highest BCUT2D eigenvalue weighted by molar-refractivity contribution is 5.87. The first-order valence-corrected chi connectivity index (χ1v) is 5.69. The Hall–Kier alpha value is -1.26. The minimum absolute atomic E-state index is 0.0435. The maximum atomic E-state index is 12.1. The smallest absolute Gasteiger partial charge is 0.226 e. The number of hydrogen-bond acceptors (Lipinski definition) is 3. The van der Waals surface area contributed by atoms with E-state index >= 15 is 0 Å². The SMILES string of the molecule is CCCN(CC(N)=NO)C(=O)C(C)C(C)C. The molecule has 0 rings (SSSR count). The van der Waals surface area contributed by atoms with E-state index < -0.39 is 0 Å². The Morgan fingerprint density at radius 1 is 1.44 bits per heavy atom. The Kier molecular flexibility index (Phi) is 6.53. The number of nitrogens with two attached hydrogens (primary N) is 1. The third-order valence-electron chi connectivity index (χ3n) is 2.68. The van der Waals surface area contributed by atoms with Crippen LogP contribution in [0.25, 0.3) is 0 Å². The minimum Gasteiger partial charge on any atom is -0.409 e. The van der Waals surface area contributed by atoms with Gasteiger partial charge in [0, 0.05) is 12.5 Å². The van der Waals surface area contributed by atoms with Crippen LogP contribution in [0.5, 0.6) is 0 Å². The molecule has 94 valence electrons. The van der Waals surface area contributed by atoms with Gasteiger partial charge in [-0.3, -0.25) is 4.79 Å². The van der Waals surface area contributed by atoms with Crippen molar-refractivity contribution < 1.29 is 10.0 Å². The van der Waals surface area contributed by atoms with Crippen LogP contribution < -0.4 is 5.73 Å². The number of amides is 1. The van der Waals surface area contributed by atoms with Gasteiger partial charge in [-0.15, -0.1) is 0 Å². The summed E-state index contributed by atoms with van der Waals surface area (Å²) >= 11 is 0. The third kappa shape index (κ3) is 4.51. The number of carbonyl (C=O) groups is 1. The van der Waals surface area contributed by atoms with Crippen LogP contribution in [0, 0.1) is 11.8 Å². The molecular formula is C11H23N3O2. The molecule has 5 nitrogen and oxygen atoms in total. The molecule has 0 aromatic heterocycles. The Morgan fingerprint density at radius 2 is 2.00 bits per heavy atom. The van der Waals surface area contributed by atoms with Crippen LogP contribution in [-0.2, 0) is 4.79 Å². The van der Waals surface area contributed by atoms with E-state index in [9.17, 15) is 4.79 Å². The van der Waals surface area contributed by atoms with Crippen molar-refractivity contribution in [2.75, 3.05) is 13.1 Å². The lowest BCUT2D eigenvalue weighted by Gasteiger charge is -2.26. The molecule has 0 heterocycles. The van der Waals surface area contributed by atoms with E-state index in [1.807, 2.05) is 27.7 Å². The molecule has 5 heteroatoms. The largest absolute Gasteiger partial charge is 0.409 e. The topological polar surface area (TPSA) is 78.9 Å². The Balaban J connectivity index is 4.58. The molecule has 1 unspecified atom stereocenters. The lowest BCUT2D eigenvalue weighted by molar-refractivity contribution is -0.135. The van der Waals surface area contributed by atoms with E-state index in [1.165, 1.54) is 0 Å². The molecule has 0 aliphatic carbocycles. The molecule has 0 aromatic carbocycles. The Bertz CT molecular complexity index is 252. The zero-order chi connectivity index (χ0) is 12.7. The second kappa shape index (κ2) is 7.09. The van der Waals surface area contributed by atoms with Crippen LogP contribution in [0.4, 0.5) is 0 Å². The van der Waals surface area contributed by atoms with Crippen molar-refractivity contribution in [3.63, 3.8) is 0 Å². The molecular weight excluding hydrogens is 206 g/mol. The molecule has 0 aliphatic heterocycles. The van der Waals surface area contributed by atoms with Crippen molar-refractivity contribution in [3.05, 3.63) is 0 Å². The number of amidine groups is 1. The second-order valence-corrected chi connectivity index (χ2v) is 4.38. The van der Waals surface area contributed by atoms with Crippen molar-refractivity contribution in [1.82, 2.24) is 4.90 Å². The van der Waals surface area contributed by atoms with E-state index in [4.69, 9.17) is 10.9 Å². The molecule has 0 radical (unpaired) electrons. The lowest BCUT2D eigenvalue weighted by Crippen LogP contribution is -2.42. The first kappa shape index (κ1) is 14.7. The summed E-state index contributed by atoms with van der Waals surface area (Å²) in [5.74, 6) is 0.374. The first-order chi connectivity index (χ1) is 7.43. The van der Waals surface area contributed by atoms with Crippen molar-refractivity contribution >= 4 is 11.7 Å². The standard InChI is InChI=1S/C11H23N3O2/c1-5-6-14(7-10(12)13-16)11(15)9(4)8(2)3/h8-9,16H,5-7H2,1-4H3,(H2,12,13). The fourth-order valence-electron chi connectivity index (χ4n) is 1.34. The molecule has 0 aliphatic rings. The molecule has 0 aromatic rings. The minimum atomic E-state index is -0.0435. The summed E-state index contributed by atoms with van der Waals surface area (Å²) in [7, 11) is 0. The van der Waals surface area contributed by atoms with Gasteiger partial charge in [0.05, 0.1) is 6.54 Å². The van der Waals surface area contributed by atoms with E-state index in [1.54, 1.807) is 4.90 Å². The zero-order valence-electron chi connectivity index (χ0n) is 10.6. The summed E-state index contributed by atoms with van der Waals surface area (Å²) in [6.07, 6.45) is 0.856. The molecule has 1 atom stereocenters. The average Bonchev–Trinajstić information content (AvgIpc) is 2.26. The van der Waals surface area contributed by atoms with Crippen molar-refractivity contribution in [2.24, 2.45) is 22.7 Å². The predicted octanol–water partition coefficient (Wildman–Crippen LogP) is 1.26. The summed E-state index contributed by atoms with van der Waals surface area (Å²) in [5, 5.41) is 11.4. The predicted molar refractivity (Wildman–Crippen MR) is 64.3 cm³/mol. The second-order valence-electron chi connectivity index (χ2n) is 4.38. The molecule has 0 saturated heterocycles. The average molecular weight is 229 g/mol. The molecule has 16 heavy (non-hydrogen) atoms. The van der Waals surface area contributed by atoms with Gasteiger partial charge in [0.1, 0.15) is 0 Å². The van der Waals surface area contributed by atoms with Crippen molar-refractivity contribution in [3.8, 4) is 0 Å².